The van der Waals surface area contributed by atoms with Crippen molar-refractivity contribution in [3.8, 4) is 5.75 Å². The third-order valence-electron chi connectivity index (χ3n) is 4.71. The first kappa shape index (κ1) is 22.0. The van der Waals surface area contributed by atoms with E-state index in [4.69, 9.17) is 4.74 Å². The van der Waals surface area contributed by atoms with Crippen LogP contribution in [0.3, 0.4) is 0 Å². The monoisotopic (exact) mass is 387 g/mol. The van der Waals surface area contributed by atoms with Gasteiger partial charge in [-0.05, 0) is 58.0 Å². The standard InChI is InChI=1S/C22H33N3O3/c1-4-13-24(14-5-2)15-9-12-23-21(26)17-28-20-16-22(27)25(6-3)19-11-8-7-10-18(19)20/h7-8,10-11,16H,4-6,9,12-15,17H2,1-3H3,(H,23,26). The van der Waals surface area contributed by atoms with Crippen LogP contribution in [0.4, 0.5) is 0 Å². The summed E-state index contributed by atoms with van der Waals surface area (Å²) in [6.45, 7) is 10.6. The van der Waals surface area contributed by atoms with Gasteiger partial charge in [0.15, 0.2) is 6.61 Å². The van der Waals surface area contributed by atoms with E-state index in [2.05, 4.69) is 24.1 Å². The van der Waals surface area contributed by atoms with Gasteiger partial charge >= 0.3 is 0 Å². The number of benzene rings is 1. The highest BCUT2D eigenvalue weighted by Crippen LogP contribution is 2.23. The lowest BCUT2D eigenvalue weighted by Gasteiger charge is -2.20. The minimum atomic E-state index is -0.165. The van der Waals surface area contributed by atoms with Crippen molar-refractivity contribution in [2.24, 2.45) is 0 Å². The van der Waals surface area contributed by atoms with E-state index in [0.29, 0.717) is 18.8 Å². The second-order valence-corrected chi connectivity index (χ2v) is 6.94. The number of aromatic nitrogens is 1. The van der Waals surface area contributed by atoms with Gasteiger partial charge in [-0.25, -0.2) is 0 Å². The molecule has 0 aliphatic heterocycles. The predicted octanol–water partition coefficient (Wildman–Crippen LogP) is 3.03. The molecule has 0 bridgehead atoms. The fourth-order valence-corrected chi connectivity index (χ4v) is 3.44. The van der Waals surface area contributed by atoms with Crippen LogP contribution in [0.15, 0.2) is 35.1 Å². The van der Waals surface area contributed by atoms with Gasteiger partial charge < -0.3 is 19.5 Å². The van der Waals surface area contributed by atoms with Crippen LogP contribution in [-0.2, 0) is 11.3 Å². The Morgan fingerprint density at radius 3 is 2.50 bits per heavy atom. The van der Waals surface area contributed by atoms with Crippen molar-refractivity contribution in [1.29, 1.82) is 0 Å². The van der Waals surface area contributed by atoms with Gasteiger partial charge in [-0.2, -0.15) is 0 Å². The van der Waals surface area contributed by atoms with E-state index in [1.54, 1.807) is 4.57 Å². The van der Waals surface area contributed by atoms with E-state index in [0.717, 1.165) is 49.8 Å². The van der Waals surface area contributed by atoms with E-state index in [1.165, 1.54) is 6.07 Å². The summed E-state index contributed by atoms with van der Waals surface area (Å²) in [4.78, 5) is 26.8. The van der Waals surface area contributed by atoms with Crippen molar-refractivity contribution in [3.05, 3.63) is 40.7 Å². The number of nitrogens with zero attached hydrogens (tertiary/aromatic N) is 2. The summed E-state index contributed by atoms with van der Waals surface area (Å²) in [6, 6.07) is 9.06. The Kier molecular flexibility index (Phi) is 9.01. The highest BCUT2D eigenvalue weighted by Gasteiger charge is 2.10. The Labute approximate surface area is 167 Å². The van der Waals surface area contributed by atoms with E-state index in [-0.39, 0.29) is 18.1 Å². The van der Waals surface area contributed by atoms with E-state index in [1.807, 2.05) is 31.2 Å². The Morgan fingerprint density at radius 2 is 1.82 bits per heavy atom. The zero-order chi connectivity index (χ0) is 20.4. The number of carbonyl (C=O) groups excluding carboxylic acids is 1. The topological polar surface area (TPSA) is 63.6 Å². The molecule has 154 valence electrons. The molecule has 0 saturated carbocycles. The summed E-state index contributed by atoms with van der Waals surface area (Å²) in [7, 11) is 0. The van der Waals surface area contributed by atoms with Crippen LogP contribution in [0.5, 0.6) is 5.75 Å². The lowest BCUT2D eigenvalue weighted by Crippen LogP contribution is -2.33. The lowest BCUT2D eigenvalue weighted by molar-refractivity contribution is -0.123. The molecule has 1 N–H and O–H groups in total. The molecular formula is C22H33N3O3. The average Bonchev–Trinajstić information content (AvgIpc) is 2.69. The Morgan fingerprint density at radius 1 is 1.11 bits per heavy atom. The summed E-state index contributed by atoms with van der Waals surface area (Å²) in [5.74, 6) is 0.291. The van der Waals surface area contributed by atoms with E-state index in [9.17, 15) is 9.59 Å². The molecule has 1 aromatic heterocycles. The van der Waals surface area contributed by atoms with Crippen molar-refractivity contribution in [3.63, 3.8) is 0 Å². The molecule has 1 heterocycles. The first-order valence-electron chi connectivity index (χ1n) is 10.3. The summed E-state index contributed by atoms with van der Waals surface area (Å²) in [5.41, 5.74) is 0.698. The van der Waals surface area contributed by atoms with Gasteiger partial charge in [0.2, 0.25) is 0 Å². The zero-order valence-electron chi connectivity index (χ0n) is 17.4. The quantitative estimate of drug-likeness (QED) is 0.569. The largest absolute Gasteiger partial charge is 0.483 e. The van der Waals surface area contributed by atoms with Crippen molar-refractivity contribution in [1.82, 2.24) is 14.8 Å². The molecule has 0 radical (unpaired) electrons. The predicted molar refractivity (Wildman–Crippen MR) is 114 cm³/mol. The van der Waals surface area contributed by atoms with Crippen LogP contribution in [-0.4, -0.2) is 48.2 Å². The Balaban J connectivity index is 1.87. The average molecular weight is 388 g/mol. The summed E-state index contributed by atoms with van der Waals surface area (Å²) >= 11 is 0. The van der Waals surface area contributed by atoms with Gasteiger partial charge in [-0.15, -0.1) is 0 Å². The second kappa shape index (κ2) is 11.5. The van der Waals surface area contributed by atoms with Crippen LogP contribution >= 0.6 is 0 Å². The molecule has 0 unspecified atom stereocenters. The molecule has 0 atom stereocenters. The summed E-state index contributed by atoms with van der Waals surface area (Å²) in [6.07, 6.45) is 3.21. The Bertz CT molecular complexity index is 810. The molecule has 1 aromatic carbocycles. The van der Waals surface area contributed by atoms with Gasteiger partial charge in [0.05, 0.1) is 5.52 Å². The number of hydrogen-bond acceptors (Lipinski definition) is 4. The number of para-hydroxylation sites is 1. The van der Waals surface area contributed by atoms with Crippen molar-refractivity contribution in [2.75, 3.05) is 32.8 Å². The molecule has 2 rings (SSSR count). The number of pyridine rings is 1. The smallest absolute Gasteiger partial charge is 0.257 e. The first-order valence-corrected chi connectivity index (χ1v) is 10.3. The minimum absolute atomic E-state index is 0.0901. The SMILES string of the molecule is CCCN(CCC)CCCNC(=O)COc1cc(=O)n(CC)c2ccccc12. The number of aryl methyl sites for hydroxylation is 1. The molecule has 6 heteroatoms. The molecule has 2 aromatic rings. The van der Waals surface area contributed by atoms with Crippen LogP contribution < -0.4 is 15.6 Å². The minimum Gasteiger partial charge on any atom is -0.483 e. The molecule has 0 aliphatic carbocycles. The maximum Gasteiger partial charge on any atom is 0.257 e. The van der Waals surface area contributed by atoms with Gasteiger partial charge in [-0.3, -0.25) is 9.59 Å². The molecule has 28 heavy (non-hydrogen) atoms. The number of hydrogen-bond donors (Lipinski definition) is 1. The highest BCUT2D eigenvalue weighted by atomic mass is 16.5. The van der Waals surface area contributed by atoms with Crippen LogP contribution in [0.25, 0.3) is 10.9 Å². The van der Waals surface area contributed by atoms with Gasteiger partial charge in [0.25, 0.3) is 11.5 Å². The maximum atomic E-state index is 12.3. The van der Waals surface area contributed by atoms with Crippen molar-refractivity contribution >= 4 is 16.8 Å². The molecule has 1 amide bonds. The normalized spacial score (nSPS) is 11.1. The fourth-order valence-electron chi connectivity index (χ4n) is 3.44. The third kappa shape index (κ3) is 6.09. The number of nitrogens with one attached hydrogen (secondary N) is 1. The van der Waals surface area contributed by atoms with Crippen molar-refractivity contribution < 1.29 is 9.53 Å². The van der Waals surface area contributed by atoms with Gasteiger partial charge in [-0.1, -0.05) is 26.0 Å². The maximum absolute atomic E-state index is 12.3. The number of rotatable bonds is 12. The zero-order valence-corrected chi connectivity index (χ0v) is 17.4. The van der Waals surface area contributed by atoms with Crippen LogP contribution in [0, 0.1) is 0 Å². The van der Waals surface area contributed by atoms with Crippen LogP contribution in [0.1, 0.15) is 40.0 Å². The second-order valence-electron chi connectivity index (χ2n) is 6.94. The number of amides is 1. The molecular weight excluding hydrogens is 354 g/mol. The van der Waals surface area contributed by atoms with E-state index < -0.39 is 0 Å². The molecule has 6 nitrogen and oxygen atoms in total. The fraction of sp³-hybridized carbons (Fsp3) is 0.545. The molecule has 0 aliphatic rings. The highest BCUT2D eigenvalue weighted by molar-refractivity contribution is 5.86. The summed E-state index contributed by atoms with van der Waals surface area (Å²) in [5, 5.41) is 3.74. The van der Waals surface area contributed by atoms with E-state index >= 15 is 0 Å². The Hall–Kier alpha value is -2.34. The van der Waals surface area contributed by atoms with Crippen molar-refractivity contribution in [2.45, 2.75) is 46.6 Å². The first-order chi connectivity index (χ1) is 13.6. The summed E-state index contributed by atoms with van der Waals surface area (Å²) < 4.78 is 7.38. The molecule has 0 fully saturated rings. The number of ether oxygens (including phenoxy) is 1. The van der Waals surface area contributed by atoms with Gasteiger partial charge in [0.1, 0.15) is 5.75 Å². The molecule has 0 spiro atoms. The van der Waals surface area contributed by atoms with Gasteiger partial charge in [0, 0.05) is 24.5 Å². The van der Waals surface area contributed by atoms with Crippen LogP contribution in [0.2, 0.25) is 0 Å². The third-order valence-corrected chi connectivity index (χ3v) is 4.71. The lowest BCUT2D eigenvalue weighted by atomic mass is 10.2. The number of carbonyl (C=O) groups is 1. The number of fused-ring (bicyclic) bond motifs is 1. The molecule has 0 saturated heterocycles.